The third-order valence-electron chi connectivity index (χ3n) is 5.88. The Bertz CT molecular complexity index is 1230. The first-order valence-electron chi connectivity index (χ1n) is 10.8. The topological polar surface area (TPSA) is 46.6 Å². The van der Waals surface area contributed by atoms with Crippen LogP contribution in [0.3, 0.4) is 0 Å². The Morgan fingerprint density at radius 2 is 1.64 bits per heavy atom. The average Bonchev–Trinajstić information content (AvgIpc) is 3.14. The van der Waals surface area contributed by atoms with Crippen molar-refractivity contribution in [1.29, 1.82) is 0 Å². The van der Waals surface area contributed by atoms with Crippen LogP contribution in [0.2, 0.25) is 0 Å². The SMILES string of the molecule is Cc1c(N(CC(Cc2ccc(F)cc2)N(C)Cc2ccccc2)S(=O)[O-])sc2ccccc12. The Morgan fingerprint density at radius 1 is 0.970 bits per heavy atom. The molecule has 4 rings (SSSR count). The van der Waals surface area contributed by atoms with E-state index in [0.29, 0.717) is 19.5 Å². The van der Waals surface area contributed by atoms with E-state index in [9.17, 15) is 13.2 Å². The van der Waals surface area contributed by atoms with Gasteiger partial charge in [-0.25, -0.2) is 4.39 Å². The molecule has 7 heteroatoms. The summed E-state index contributed by atoms with van der Waals surface area (Å²) >= 11 is -0.938. The molecule has 0 aliphatic heterocycles. The molecule has 0 saturated heterocycles. The van der Waals surface area contributed by atoms with Gasteiger partial charge in [-0.15, -0.1) is 11.3 Å². The van der Waals surface area contributed by atoms with Gasteiger partial charge < -0.3 is 4.55 Å². The van der Waals surface area contributed by atoms with Gasteiger partial charge >= 0.3 is 0 Å². The van der Waals surface area contributed by atoms with Crippen molar-refractivity contribution >= 4 is 37.7 Å². The number of thiophene rings is 1. The molecule has 1 aromatic heterocycles. The van der Waals surface area contributed by atoms with Crippen LogP contribution < -0.4 is 4.31 Å². The Kier molecular flexibility index (Phi) is 7.55. The summed E-state index contributed by atoms with van der Waals surface area (Å²) in [7, 11) is 2.00. The Morgan fingerprint density at radius 3 is 2.30 bits per heavy atom. The summed E-state index contributed by atoms with van der Waals surface area (Å²) in [5, 5.41) is 1.81. The minimum absolute atomic E-state index is 0.113. The number of fused-ring (bicyclic) bond motifs is 1. The number of anilines is 1. The van der Waals surface area contributed by atoms with E-state index in [0.717, 1.165) is 31.8 Å². The van der Waals surface area contributed by atoms with E-state index in [2.05, 4.69) is 17.0 Å². The molecular weight excluding hydrogens is 455 g/mol. The number of nitrogens with zero attached hydrogens (tertiary/aromatic N) is 2. The first kappa shape index (κ1) is 23.6. The first-order valence-corrected chi connectivity index (χ1v) is 12.6. The van der Waals surface area contributed by atoms with Crippen molar-refractivity contribution in [2.24, 2.45) is 0 Å². The molecule has 0 saturated carbocycles. The largest absolute Gasteiger partial charge is 0.755 e. The van der Waals surface area contributed by atoms with Crippen molar-refractivity contribution in [2.75, 3.05) is 17.9 Å². The van der Waals surface area contributed by atoms with Crippen LogP contribution in [0.5, 0.6) is 0 Å². The van der Waals surface area contributed by atoms with Crippen molar-refractivity contribution in [3.05, 3.63) is 101 Å². The van der Waals surface area contributed by atoms with Gasteiger partial charge in [0.15, 0.2) is 0 Å². The van der Waals surface area contributed by atoms with Gasteiger partial charge in [0.2, 0.25) is 0 Å². The maximum absolute atomic E-state index is 13.5. The lowest BCUT2D eigenvalue weighted by atomic mass is 10.0. The number of hydrogen-bond acceptors (Lipinski definition) is 4. The van der Waals surface area contributed by atoms with E-state index in [1.807, 2.05) is 56.4 Å². The van der Waals surface area contributed by atoms with E-state index >= 15 is 0 Å². The minimum Gasteiger partial charge on any atom is -0.755 e. The molecule has 2 unspecified atom stereocenters. The molecule has 0 bridgehead atoms. The molecule has 4 aromatic rings. The predicted molar refractivity (Wildman–Crippen MR) is 135 cm³/mol. The highest BCUT2D eigenvalue weighted by molar-refractivity contribution is 7.81. The van der Waals surface area contributed by atoms with Crippen molar-refractivity contribution in [3.63, 3.8) is 0 Å². The maximum Gasteiger partial charge on any atom is 0.123 e. The van der Waals surface area contributed by atoms with E-state index in [1.165, 1.54) is 27.8 Å². The van der Waals surface area contributed by atoms with Gasteiger partial charge in [0, 0.05) is 35.1 Å². The second-order valence-electron chi connectivity index (χ2n) is 8.19. The predicted octanol–water partition coefficient (Wildman–Crippen LogP) is 5.69. The van der Waals surface area contributed by atoms with Crippen LogP contribution >= 0.6 is 11.3 Å². The second-order valence-corrected chi connectivity index (χ2v) is 10.1. The molecule has 0 amide bonds. The first-order chi connectivity index (χ1) is 15.9. The van der Waals surface area contributed by atoms with Crippen molar-refractivity contribution in [3.8, 4) is 0 Å². The summed E-state index contributed by atoms with van der Waals surface area (Å²) in [5.41, 5.74) is 3.08. The molecule has 0 fully saturated rings. The smallest absolute Gasteiger partial charge is 0.123 e. The Balaban J connectivity index is 1.65. The molecule has 4 nitrogen and oxygen atoms in total. The van der Waals surface area contributed by atoms with E-state index in [4.69, 9.17) is 0 Å². The summed E-state index contributed by atoms with van der Waals surface area (Å²) in [6.07, 6.45) is 0.598. The third-order valence-corrected chi connectivity index (χ3v) is 7.99. The quantitative estimate of drug-likeness (QED) is 0.289. The third kappa shape index (κ3) is 5.68. The summed E-state index contributed by atoms with van der Waals surface area (Å²) < 4.78 is 40.8. The summed E-state index contributed by atoms with van der Waals surface area (Å²) in [5.74, 6) is -0.281. The maximum atomic E-state index is 13.5. The van der Waals surface area contributed by atoms with Gasteiger partial charge in [-0.1, -0.05) is 60.7 Å². The molecular formula is C26H26FN2O2S2-. The zero-order chi connectivity index (χ0) is 23.4. The lowest BCUT2D eigenvalue weighted by molar-refractivity contribution is 0.237. The molecule has 1 heterocycles. The molecule has 3 aromatic carbocycles. The number of halogens is 1. The molecule has 33 heavy (non-hydrogen) atoms. The zero-order valence-electron chi connectivity index (χ0n) is 18.6. The summed E-state index contributed by atoms with van der Waals surface area (Å²) in [6, 6.07) is 24.4. The monoisotopic (exact) mass is 481 g/mol. The zero-order valence-corrected chi connectivity index (χ0v) is 20.2. The van der Waals surface area contributed by atoms with Crippen LogP contribution in [0.1, 0.15) is 16.7 Å². The number of aryl methyl sites for hydroxylation is 1. The van der Waals surface area contributed by atoms with Gasteiger partial charge in [-0.2, -0.15) is 0 Å². The lowest BCUT2D eigenvalue weighted by Crippen LogP contribution is -2.44. The van der Waals surface area contributed by atoms with Crippen molar-refractivity contribution in [1.82, 2.24) is 4.90 Å². The molecule has 2 atom stereocenters. The number of likely N-dealkylation sites (N-methyl/N-ethyl adjacent to an activating group) is 1. The fourth-order valence-electron chi connectivity index (χ4n) is 4.06. The van der Waals surface area contributed by atoms with Crippen LogP contribution in [0.25, 0.3) is 10.1 Å². The number of benzene rings is 3. The normalized spacial score (nSPS) is 13.4. The van der Waals surface area contributed by atoms with Gasteiger partial charge in [-0.3, -0.25) is 13.4 Å². The summed E-state index contributed by atoms with van der Waals surface area (Å²) in [4.78, 5) is 2.17. The highest BCUT2D eigenvalue weighted by Crippen LogP contribution is 2.38. The van der Waals surface area contributed by atoms with E-state index in [1.54, 1.807) is 12.1 Å². The Hall–Kier alpha value is -2.58. The van der Waals surface area contributed by atoms with Gasteiger partial charge in [0.25, 0.3) is 0 Å². The summed E-state index contributed by atoms with van der Waals surface area (Å²) in [6.45, 7) is 2.94. The number of hydrogen-bond donors (Lipinski definition) is 0. The second kappa shape index (κ2) is 10.6. The molecule has 0 spiro atoms. The Labute approximate surface area is 200 Å². The highest BCUT2D eigenvalue weighted by atomic mass is 32.2. The highest BCUT2D eigenvalue weighted by Gasteiger charge is 2.23. The number of rotatable bonds is 9. The molecule has 0 radical (unpaired) electrons. The van der Waals surface area contributed by atoms with Crippen molar-refractivity contribution in [2.45, 2.75) is 25.9 Å². The van der Waals surface area contributed by atoms with Gasteiger partial charge in [-0.05, 0) is 60.7 Å². The van der Waals surface area contributed by atoms with E-state index < -0.39 is 11.3 Å². The average molecular weight is 482 g/mol. The minimum atomic E-state index is -2.43. The molecule has 0 aliphatic carbocycles. The van der Waals surface area contributed by atoms with Crippen molar-refractivity contribution < 1.29 is 13.2 Å². The fraction of sp³-hybridized carbons (Fsp3) is 0.231. The van der Waals surface area contributed by atoms with Crippen LogP contribution in [0, 0.1) is 12.7 Å². The van der Waals surface area contributed by atoms with Crippen LogP contribution in [0.4, 0.5) is 9.39 Å². The lowest BCUT2D eigenvalue weighted by Gasteiger charge is -2.35. The standard InChI is InChI=1S/C26H27FN2O2S2/c1-19-24-10-6-7-11-25(24)32-26(19)29(33(30)31)18-23(16-20-12-14-22(27)15-13-20)28(2)17-21-8-4-3-5-9-21/h3-15,23H,16-18H2,1-2H3,(H,30,31)/p-1. The van der Waals surface area contributed by atoms with Crippen LogP contribution in [-0.4, -0.2) is 33.3 Å². The fourth-order valence-corrected chi connectivity index (χ4v) is 6.04. The van der Waals surface area contributed by atoms with E-state index in [-0.39, 0.29) is 11.9 Å². The van der Waals surface area contributed by atoms with Crippen LogP contribution in [0.15, 0.2) is 78.9 Å². The van der Waals surface area contributed by atoms with Crippen LogP contribution in [-0.2, 0) is 24.2 Å². The van der Waals surface area contributed by atoms with Gasteiger partial charge in [0.1, 0.15) is 10.8 Å². The molecule has 0 N–H and O–H groups in total. The molecule has 172 valence electrons. The van der Waals surface area contributed by atoms with Gasteiger partial charge in [0.05, 0.1) is 0 Å². The molecule has 0 aliphatic rings.